The van der Waals surface area contributed by atoms with Gasteiger partial charge >= 0.3 is 0 Å². The second-order valence-corrected chi connectivity index (χ2v) is 10.7. The van der Waals surface area contributed by atoms with Crippen LogP contribution in [0.25, 0.3) is 0 Å². The SMILES string of the molecule is COc1cc(CO)cc(I)c1OC1C=C(C(=O)NCCO)CC(N(Cc2ccccc2F)C(=O)C(C)C)C1O. The molecule has 1 aliphatic rings. The number of ether oxygens (including phenoxy) is 2. The van der Waals surface area contributed by atoms with Crippen molar-refractivity contribution in [2.24, 2.45) is 5.92 Å². The summed E-state index contributed by atoms with van der Waals surface area (Å²) in [4.78, 5) is 27.8. The van der Waals surface area contributed by atoms with Crippen molar-refractivity contribution in [3.8, 4) is 11.5 Å². The molecule has 0 bridgehead atoms. The second-order valence-electron chi connectivity index (χ2n) is 9.50. The van der Waals surface area contributed by atoms with E-state index in [2.05, 4.69) is 5.32 Å². The normalized spacial score (nSPS) is 18.9. The summed E-state index contributed by atoms with van der Waals surface area (Å²) in [5, 5.41) is 32.9. The number of nitrogens with zero attached hydrogens (tertiary/aromatic N) is 1. The highest BCUT2D eigenvalue weighted by Crippen LogP contribution is 2.37. The fourth-order valence-electron chi connectivity index (χ4n) is 4.39. The van der Waals surface area contributed by atoms with E-state index >= 15 is 0 Å². The zero-order valence-corrected chi connectivity index (χ0v) is 24.2. The maximum Gasteiger partial charge on any atom is 0.247 e. The second kappa shape index (κ2) is 14.1. The fourth-order valence-corrected chi connectivity index (χ4v) is 5.19. The van der Waals surface area contributed by atoms with E-state index < -0.39 is 35.9 Å². The maximum absolute atomic E-state index is 14.6. The first kappa shape index (κ1) is 30.8. The van der Waals surface area contributed by atoms with E-state index in [1.54, 1.807) is 44.2 Å². The molecule has 0 aliphatic heterocycles. The van der Waals surface area contributed by atoms with E-state index in [1.807, 2.05) is 22.6 Å². The van der Waals surface area contributed by atoms with Gasteiger partial charge in [0.15, 0.2) is 11.5 Å². The maximum atomic E-state index is 14.6. The molecule has 2 amide bonds. The lowest BCUT2D eigenvalue weighted by molar-refractivity contribution is -0.142. The van der Waals surface area contributed by atoms with Crippen LogP contribution in [0.2, 0.25) is 0 Å². The molecule has 1 aliphatic carbocycles. The van der Waals surface area contributed by atoms with E-state index in [0.717, 1.165) is 0 Å². The molecule has 212 valence electrons. The summed E-state index contributed by atoms with van der Waals surface area (Å²) in [6.07, 6.45) is -0.885. The third kappa shape index (κ3) is 7.47. The summed E-state index contributed by atoms with van der Waals surface area (Å²) in [5.74, 6) is -1.14. The molecule has 9 nitrogen and oxygen atoms in total. The summed E-state index contributed by atoms with van der Waals surface area (Å²) < 4.78 is 26.9. The molecule has 39 heavy (non-hydrogen) atoms. The molecule has 0 aromatic heterocycles. The number of methoxy groups -OCH3 is 1. The first-order valence-corrected chi connectivity index (χ1v) is 13.6. The molecule has 0 fully saturated rings. The van der Waals surface area contributed by atoms with Crippen molar-refractivity contribution in [3.63, 3.8) is 0 Å². The van der Waals surface area contributed by atoms with Crippen molar-refractivity contribution >= 4 is 34.4 Å². The molecule has 0 saturated heterocycles. The van der Waals surface area contributed by atoms with Crippen LogP contribution in [-0.2, 0) is 22.7 Å². The Kier molecular flexibility index (Phi) is 11.1. The Balaban J connectivity index is 2.06. The first-order valence-electron chi connectivity index (χ1n) is 12.6. The van der Waals surface area contributed by atoms with Crippen molar-refractivity contribution in [2.75, 3.05) is 20.3 Å². The predicted molar refractivity (Wildman–Crippen MR) is 150 cm³/mol. The molecule has 3 unspecified atom stereocenters. The van der Waals surface area contributed by atoms with Gasteiger partial charge < -0.3 is 35.0 Å². The van der Waals surface area contributed by atoms with Gasteiger partial charge in [-0.15, -0.1) is 0 Å². The van der Waals surface area contributed by atoms with Crippen molar-refractivity contribution in [2.45, 2.75) is 51.7 Å². The molecule has 3 rings (SSSR count). The van der Waals surface area contributed by atoms with Crippen molar-refractivity contribution in [1.29, 1.82) is 0 Å². The molecule has 2 aromatic rings. The van der Waals surface area contributed by atoms with Crippen molar-refractivity contribution in [1.82, 2.24) is 10.2 Å². The molecule has 2 aromatic carbocycles. The number of nitrogens with one attached hydrogen (secondary N) is 1. The fraction of sp³-hybridized carbons (Fsp3) is 0.429. The zero-order chi connectivity index (χ0) is 28.7. The average Bonchev–Trinajstić information content (AvgIpc) is 2.92. The molecule has 0 spiro atoms. The van der Waals surface area contributed by atoms with Crippen LogP contribution in [0.5, 0.6) is 11.5 Å². The van der Waals surface area contributed by atoms with Crippen LogP contribution in [-0.4, -0.2) is 70.5 Å². The predicted octanol–water partition coefficient (Wildman–Crippen LogP) is 2.53. The quantitative estimate of drug-likeness (QED) is 0.274. The molecule has 3 atom stereocenters. The minimum atomic E-state index is -1.29. The Morgan fingerprint density at radius 2 is 1.95 bits per heavy atom. The number of amides is 2. The Morgan fingerprint density at radius 1 is 1.23 bits per heavy atom. The highest BCUT2D eigenvalue weighted by molar-refractivity contribution is 14.1. The lowest BCUT2D eigenvalue weighted by atomic mass is 9.87. The van der Waals surface area contributed by atoms with Gasteiger partial charge in [0, 0.05) is 36.6 Å². The van der Waals surface area contributed by atoms with E-state index in [4.69, 9.17) is 9.47 Å². The Bertz CT molecular complexity index is 1210. The van der Waals surface area contributed by atoms with Crippen LogP contribution < -0.4 is 14.8 Å². The Labute approximate surface area is 240 Å². The summed E-state index contributed by atoms with van der Waals surface area (Å²) >= 11 is 2.02. The smallest absolute Gasteiger partial charge is 0.247 e. The number of hydrogen-bond donors (Lipinski definition) is 4. The van der Waals surface area contributed by atoms with E-state index in [1.165, 1.54) is 24.2 Å². The number of carbonyl (C=O) groups is 2. The monoisotopic (exact) mass is 656 g/mol. The minimum absolute atomic E-state index is 0.0110. The Hall–Kier alpha value is -2.74. The number of hydrogen-bond acceptors (Lipinski definition) is 7. The van der Waals surface area contributed by atoms with Gasteiger partial charge in [0.2, 0.25) is 11.8 Å². The third-order valence-corrected chi connectivity index (χ3v) is 7.22. The standard InChI is InChI=1S/C28H34FIN2O7/c1-16(2)28(37)32(14-18-6-4-5-7-20(18)29)22-12-19(27(36)31-8-9-33)13-23(25(22)35)39-26-21(30)10-17(15-34)11-24(26)38-3/h4-7,10-11,13,16,22-23,25,33-35H,8-9,12,14-15H2,1-3H3,(H,31,36). The van der Waals surface area contributed by atoms with Crippen LogP contribution in [0.15, 0.2) is 48.0 Å². The number of aliphatic hydroxyl groups excluding tert-OH is 3. The number of aliphatic hydroxyl groups is 3. The number of carbonyl (C=O) groups excluding carboxylic acids is 2. The third-order valence-electron chi connectivity index (χ3n) is 6.42. The molecular formula is C28H34FIN2O7. The largest absolute Gasteiger partial charge is 0.493 e. The van der Waals surface area contributed by atoms with E-state index in [-0.39, 0.29) is 49.8 Å². The van der Waals surface area contributed by atoms with E-state index in [9.17, 15) is 29.3 Å². The van der Waals surface area contributed by atoms with Gasteiger partial charge in [-0.1, -0.05) is 32.0 Å². The summed E-state index contributed by atoms with van der Waals surface area (Å²) in [6, 6.07) is 8.47. The lowest BCUT2D eigenvalue weighted by Crippen LogP contribution is -2.55. The molecule has 11 heteroatoms. The summed E-state index contributed by atoms with van der Waals surface area (Å²) in [7, 11) is 1.45. The first-order chi connectivity index (χ1) is 18.6. The van der Waals surface area contributed by atoms with Crippen molar-refractivity contribution in [3.05, 3.63) is 68.6 Å². The van der Waals surface area contributed by atoms with Crippen LogP contribution in [0.1, 0.15) is 31.4 Å². The van der Waals surface area contributed by atoms with Gasteiger partial charge in [-0.05, 0) is 52.4 Å². The van der Waals surface area contributed by atoms with Gasteiger partial charge in [-0.25, -0.2) is 4.39 Å². The molecule has 0 radical (unpaired) electrons. The lowest BCUT2D eigenvalue weighted by Gasteiger charge is -2.41. The summed E-state index contributed by atoms with van der Waals surface area (Å²) in [5.41, 5.74) is 1.12. The van der Waals surface area contributed by atoms with Crippen LogP contribution in [0.3, 0.4) is 0 Å². The highest BCUT2D eigenvalue weighted by Gasteiger charge is 2.41. The van der Waals surface area contributed by atoms with Crippen LogP contribution >= 0.6 is 22.6 Å². The van der Waals surface area contributed by atoms with E-state index in [0.29, 0.717) is 20.6 Å². The average molecular weight is 656 g/mol. The van der Waals surface area contributed by atoms with Gasteiger partial charge in [0.1, 0.15) is 18.0 Å². The minimum Gasteiger partial charge on any atom is -0.493 e. The van der Waals surface area contributed by atoms with Gasteiger partial charge in [0.05, 0.1) is 29.9 Å². The molecule has 0 heterocycles. The van der Waals surface area contributed by atoms with Gasteiger partial charge in [-0.3, -0.25) is 9.59 Å². The topological polar surface area (TPSA) is 129 Å². The van der Waals surface area contributed by atoms with Crippen LogP contribution in [0, 0.1) is 15.3 Å². The molecule has 0 saturated carbocycles. The van der Waals surface area contributed by atoms with Crippen molar-refractivity contribution < 1.29 is 38.8 Å². The molecule has 4 N–H and O–H groups in total. The van der Waals surface area contributed by atoms with Crippen LogP contribution in [0.4, 0.5) is 4.39 Å². The number of benzene rings is 2. The Morgan fingerprint density at radius 3 is 2.56 bits per heavy atom. The zero-order valence-electron chi connectivity index (χ0n) is 22.1. The molecular weight excluding hydrogens is 622 g/mol. The van der Waals surface area contributed by atoms with Gasteiger partial charge in [-0.2, -0.15) is 0 Å². The summed E-state index contributed by atoms with van der Waals surface area (Å²) in [6.45, 7) is 2.85. The van der Waals surface area contributed by atoms with Gasteiger partial charge in [0.25, 0.3) is 0 Å². The highest BCUT2D eigenvalue weighted by atomic mass is 127. The number of rotatable bonds is 11. The number of halogens is 2.